The van der Waals surface area contributed by atoms with E-state index in [0.717, 1.165) is 25.0 Å². The number of hydrogen-bond donors (Lipinski definition) is 1. The molecule has 1 aromatic heterocycles. The third kappa shape index (κ3) is 5.76. The van der Waals surface area contributed by atoms with Gasteiger partial charge in [-0.15, -0.1) is 0 Å². The summed E-state index contributed by atoms with van der Waals surface area (Å²) in [6.45, 7) is 8.92. The largest absolute Gasteiger partial charge is 0.349 e. The van der Waals surface area contributed by atoms with Crippen molar-refractivity contribution in [2.24, 2.45) is 0 Å². The molecule has 2 aliphatic heterocycles. The van der Waals surface area contributed by atoms with Crippen molar-refractivity contribution in [1.29, 1.82) is 2.67 Å². The van der Waals surface area contributed by atoms with Crippen molar-refractivity contribution in [3.05, 3.63) is 32.6 Å². The fourth-order valence-corrected chi connectivity index (χ4v) is 5.55. The highest BCUT2D eigenvalue weighted by atomic mass is 32.2. The zero-order chi connectivity index (χ0) is 23.4. The molecule has 0 bridgehead atoms. The number of H-pyrrole nitrogens is 1. The molecule has 9 nitrogen and oxygen atoms in total. The van der Waals surface area contributed by atoms with Crippen LogP contribution in [0.25, 0.3) is 0 Å². The Balaban J connectivity index is 1.76. The monoisotopic (exact) mass is 462 g/mol. The van der Waals surface area contributed by atoms with Crippen molar-refractivity contribution in [3.63, 3.8) is 0 Å². The molecule has 0 spiro atoms. The molecule has 3 heterocycles. The van der Waals surface area contributed by atoms with Crippen molar-refractivity contribution in [2.75, 3.05) is 18.8 Å². The van der Waals surface area contributed by atoms with Crippen LogP contribution in [0.3, 0.4) is 0 Å². The summed E-state index contributed by atoms with van der Waals surface area (Å²) in [7, 11) is -2.28. The summed E-state index contributed by atoms with van der Waals surface area (Å²) in [5, 5.41) is 0. The molecule has 5 atom stereocenters. The third-order valence-electron chi connectivity index (χ3n) is 5.09. The van der Waals surface area contributed by atoms with Gasteiger partial charge in [0.2, 0.25) is 0 Å². The average molecular weight is 462 g/mol. The first kappa shape index (κ1) is 21.2. The standard InChI is InChI=1S/C18H31BN3O6PS/c1-11(2)22-6-5-13(4)27-29(22)28-14-7-16(26-15(14)9-25-30-10-19)21-8-12(3)17(23)20-18(21)24/h8,11,13-16H,5-7,9-10,19H2,1-4H3,(H,20,23,24)/t13-,14?,15?,16?,29?/m1/s1/i19TD. The van der Waals surface area contributed by atoms with E-state index in [1.807, 2.05) is 6.92 Å². The van der Waals surface area contributed by atoms with Crippen LogP contribution >= 0.6 is 20.6 Å². The van der Waals surface area contributed by atoms with Crippen molar-refractivity contribution >= 4 is 28.3 Å². The fraction of sp³-hybridized carbons (Fsp3) is 0.778. The van der Waals surface area contributed by atoms with E-state index < -0.39 is 39.9 Å². The van der Waals surface area contributed by atoms with Crippen molar-refractivity contribution in [3.8, 4) is 0 Å². The van der Waals surface area contributed by atoms with Crippen LogP contribution < -0.4 is 11.2 Å². The van der Waals surface area contributed by atoms with Gasteiger partial charge in [-0.3, -0.25) is 14.3 Å². The summed E-state index contributed by atoms with van der Waals surface area (Å²) in [6, 6.07) is 0.257. The Bertz CT molecular complexity index is 878. The quantitative estimate of drug-likeness (QED) is 0.256. The average Bonchev–Trinajstić information content (AvgIpc) is 3.10. The lowest BCUT2D eigenvalue weighted by molar-refractivity contribution is -0.0377. The first-order chi connectivity index (χ1) is 15.2. The SMILES string of the molecule is [2H]B([3H])CSOCC1OC(n2cc(C)c(=O)[nH]c2=O)CC1OP1O[C@H](C)CCN1C(C)C. The van der Waals surface area contributed by atoms with Crippen LogP contribution in [0.1, 0.15) is 45.4 Å². The molecular formula is C18H31BN3O6PS. The first-order valence-corrected chi connectivity index (χ1v) is 12.2. The number of nitrogens with zero attached hydrogens (tertiary/aromatic N) is 2. The minimum Gasteiger partial charge on any atom is -0.349 e. The highest BCUT2D eigenvalue weighted by Crippen LogP contribution is 2.52. The van der Waals surface area contributed by atoms with E-state index in [4.69, 9.17) is 20.6 Å². The summed E-state index contributed by atoms with van der Waals surface area (Å²) >= 11 is 1.04. The minimum atomic E-state index is -1.30. The van der Waals surface area contributed by atoms with Crippen LogP contribution in [0.2, 0.25) is 0 Å². The first-order valence-electron chi connectivity index (χ1n) is 11.3. The van der Waals surface area contributed by atoms with Gasteiger partial charge in [-0.25, -0.2) is 9.46 Å². The van der Waals surface area contributed by atoms with E-state index in [-0.39, 0.29) is 30.5 Å². The predicted octanol–water partition coefficient (Wildman–Crippen LogP) is 1.52. The summed E-state index contributed by atoms with van der Waals surface area (Å²) < 4.78 is 42.4. The second kappa shape index (κ2) is 10.8. The van der Waals surface area contributed by atoms with Crippen LogP contribution in [-0.2, 0) is 18.0 Å². The smallest absolute Gasteiger partial charge is 0.330 e. The molecule has 0 aliphatic carbocycles. The van der Waals surface area contributed by atoms with Crippen LogP contribution in [0.4, 0.5) is 0 Å². The second-order valence-corrected chi connectivity index (χ2v) is 9.97. The maximum atomic E-state index is 12.4. The Morgan fingerprint density at radius 1 is 1.57 bits per heavy atom. The molecular weight excluding hydrogens is 428 g/mol. The number of nitrogens with one attached hydrogen (secondary N) is 1. The minimum absolute atomic E-state index is 0.0926. The Kier molecular flexibility index (Phi) is 7.60. The molecule has 1 N–H and O–H groups in total. The van der Waals surface area contributed by atoms with E-state index in [2.05, 4.69) is 23.5 Å². The molecule has 2 saturated heterocycles. The van der Waals surface area contributed by atoms with Crippen molar-refractivity contribution in [1.82, 2.24) is 14.2 Å². The van der Waals surface area contributed by atoms with E-state index in [1.165, 1.54) is 10.8 Å². The summed E-state index contributed by atoms with van der Waals surface area (Å²) in [6.07, 6.45) is 1.43. The molecule has 3 rings (SSSR count). The molecule has 30 heavy (non-hydrogen) atoms. The molecule has 2 fully saturated rings. The maximum absolute atomic E-state index is 12.4. The number of aryl methyl sites for hydroxylation is 1. The predicted molar refractivity (Wildman–Crippen MR) is 120 cm³/mol. The fourth-order valence-electron chi connectivity index (χ4n) is 3.41. The maximum Gasteiger partial charge on any atom is 0.330 e. The van der Waals surface area contributed by atoms with Gasteiger partial charge in [0.15, 0.2) is 0 Å². The highest BCUT2D eigenvalue weighted by molar-refractivity contribution is 7.95. The molecule has 0 saturated carbocycles. The molecule has 168 valence electrons. The molecule has 0 amide bonds. The number of aromatic amines is 1. The Morgan fingerprint density at radius 3 is 3.10 bits per heavy atom. The Morgan fingerprint density at radius 2 is 2.37 bits per heavy atom. The zero-order valence-electron chi connectivity index (χ0n) is 19.8. The van der Waals surface area contributed by atoms with E-state index in [0.29, 0.717) is 12.0 Å². The topological polar surface area (TPSA) is 95.0 Å². The molecule has 0 radical (unpaired) electrons. The highest BCUT2D eigenvalue weighted by Gasteiger charge is 2.42. The lowest BCUT2D eigenvalue weighted by Gasteiger charge is -2.40. The lowest BCUT2D eigenvalue weighted by Crippen LogP contribution is -2.38. The van der Waals surface area contributed by atoms with Crippen molar-refractivity contribution in [2.45, 2.75) is 71.1 Å². The second-order valence-electron chi connectivity index (χ2n) is 7.76. The summed E-state index contributed by atoms with van der Waals surface area (Å²) in [5.41, 5.74) is -0.329. The van der Waals surface area contributed by atoms with Crippen LogP contribution in [0.5, 0.6) is 0 Å². The van der Waals surface area contributed by atoms with Gasteiger partial charge in [0.1, 0.15) is 20.1 Å². The van der Waals surface area contributed by atoms with E-state index in [1.54, 1.807) is 6.92 Å². The zero-order valence-corrected chi connectivity index (χ0v) is 19.5. The molecule has 4 unspecified atom stereocenters. The number of hydrogen-bond acceptors (Lipinski definition) is 8. The third-order valence-corrected chi connectivity index (χ3v) is 7.60. The molecule has 1 aromatic rings. The number of aromatic nitrogens is 2. The molecule has 0 aromatic carbocycles. The van der Waals surface area contributed by atoms with Gasteiger partial charge < -0.3 is 18.0 Å². The number of rotatable bonds is 9. The molecule has 12 heteroatoms. The van der Waals surface area contributed by atoms with Gasteiger partial charge >= 0.3 is 5.69 Å². The van der Waals surface area contributed by atoms with E-state index >= 15 is 0 Å². The van der Waals surface area contributed by atoms with Crippen LogP contribution in [-0.4, -0.2) is 67.8 Å². The summed E-state index contributed by atoms with van der Waals surface area (Å²) in [5.74, 6) is 0. The Labute approximate surface area is 186 Å². The van der Waals surface area contributed by atoms with Crippen molar-refractivity contribution < 1.29 is 18.0 Å². The lowest BCUT2D eigenvalue weighted by atomic mass is 10.2. The van der Waals surface area contributed by atoms with Gasteiger partial charge in [0.25, 0.3) is 14.1 Å². The van der Waals surface area contributed by atoms with Gasteiger partial charge in [-0.2, -0.15) is 0 Å². The summed E-state index contributed by atoms with van der Waals surface area (Å²) in [4.78, 5) is 26.4. The number of ether oxygens (including phenoxy) is 1. The van der Waals surface area contributed by atoms with Crippen LogP contribution in [0, 0.1) is 6.92 Å². The van der Waals surface area contributed by atoms with Crippen LogP contribution in [0.15, 0.2) is 15.8 Å². The van der Waals surface area contributed by atoms with Gasteiger partial charge in [0.05, 0.1) is 18.8 Å². The Hall–Kier alpha value is -0.675. The van der Waals surface area contributed by atoms with E-state index in [9.17, 15) is 9.59 Å². The normalized spacial score (nSPS) is 31.0. The van der Waals surface area contributed by atoms with Gasteiger partial charge in [0, 0.05) is 30.8 Å². The van der Waals surface area contributed by atoms with Gasteiger partial charge in [-0.05, 0) is 54.5 Å². The molecule has 2 aliphatic rings. The van der Waals surface area contributed by atoms with Gasteiger partial charge in [-0.1, -0.05) is 0 Å².